The molecule has 15 heavy (non-hydrogen) atoms. The maximum absolute atomic E-state index is 10.5. The highest BCUT2D eigenvalue weighted by Gasteiger charge is 2.05. The minimum atomic E-state index is -0.635. The van der Waals surface area contributed by atoms with Crippen molar-refractivity contribution in [1.29, 1.82) is 0 Å². The fourth-order valence-corrected chi connectivity index (χ4v) is 0.848. The number of nitrogens with two attached hydrogens (primary N) is 1. The Morgan fingerprint density at radius 2 is 1.80 bits per heavy atom. The van der Waals surface area contributed by atoms with E-state index < -0.39 is 6.03 Å². The van der Waals surface area contributed by atoms with E-state index in [0.29, 0.717) is 5.92 Å². The van der Waals surface area contributed by atoms with Crippen LogP contribution in [0.2, 0.25) is 0 Å². The summed E-state index contributed by atoms with van der Waals surface area (Å²) in [5.74, 6) is 0.730. The minimum absolute atomic E-state index is 0.255. The second-order valence-corrected chi connectivity index (χ2v) is 4.21. The Kier molecular flexibility index (Phi) is 5.67. The predicted molar refractivity (Wildman–Crippen MR) is 63.6 cm³/mol. The summed E-state index contributed by atoms with van der Waals surface area (Å²) < 4.78 is 0. The Labute approximate surface area is 91.6 Å². The summed E-state index contributed by atoms with van der Waals surface area (Å²) in [5, 5.41) is 3.96. The van der Waals surface area contributed by atoms with Crippen LogP contribution in [-0.4, -0.2) is 11.7 Å². The molecule has 0 aromatic rings. The van der Waals surface area contributed by atoms with Gasteiger partial charge in [-0.05, 0) is 24.8 Å². The summed E-state index contributed by atoms with van der Waals surface area (Å²) in [5.41, 5.74) is 9.27. The second-order valence-electron chi connectivity index (χ2n) is 4.21. The van der Waals surface area contributed by atoms with Crippen LogP contribution in [0.4, 0.5) is 4.79 Å². The van der Waals surface area contributed by atoms with Gasteiger partial charge in [-0.25, -0.2) is 10.2 Å². The largest absolute Gasteiger partial charge is 0.350 e. The monoisotopic (exact) mass is 211 g/mol. The lowest BCUT2D eigenvalue weighted by atomic mass is 10.00. The zero-order valence-electron chi connectivity index (χ0n) is 10.2. The number of primary amides is 1. The first-order valence-electron chi connectivity index (χ1n) is 5.15. The van der Waals surface area contributed by atoms with Crippen LogP contribution in [0.15, 0.2) is 16.8 Å². The van der Waals surface area contributed by atoms with Gasteiger partial charge in [0.1, 0.15) is 0 Å². The summed E-state index contributed by atoms with van der Waals surface area (Å²) in [6.45, 7) is 10.3. The van der Waals surface area contributed by atoms with Crippen LogP contribution in [0.1, 0.15) is 34.6 Å². The molecule has 0 spiro atoms. The van der Waals surface area contributed by atoms with Crippen molar-refractivity contribution in [2.45, 2.75) is 34.6 Å². The van der Waals surface area contributed by atoms with Crippen LogP contribution in [0.25, 0.3) is 0 Å². The number of carbonyl (C=O) groups excluding carboxylic acids is 1. The van der Waals surface area contributed by atoms with Crippen LogP contribution in [0.3, 0.4) is 0 Å². The van der Waals surface area contributed by atoms with Crippen molar-refractivity contribution in [1.82, 2.24) is 5.43 Å². The third kappa shape index (κ3) is 5.88. The van der Waals surface area contributed by atoms with Crippen LogP contribution < -0.4 is 11.2 Å². The van der Waals surface area contributed by atoms with E-state index in [2.05, 4.69) is 24.4 Å². The second kappa shape index (κ2) is 6.22. The first-order chi connectivity index (χ1) is 6.84. The van der Waals surface area contributed by atoms with Gasteiger partial charge in [-0.2, -0.15) is 5.10 Å². The smallest absolute Gasteiger partial charge is 0.332 e. The zero-order valence-corrected chi connectivity index (χ0v) is 10.2. The zero-order chi connectivity index (χ0) is 12.0. The summed E-state index contributed by atoms with van der Waals surface area (Å²) >= 11 is 0. The van der Waals surface area contributed by atoms with Crippen LogP contribution >= 0.6 is 0 Å². The van der Waals surface area contributed by atoms with Gasteiger partial charge in [0, 0.05) is 0 Å². The number of hydrazone groups is 1. The number of allylic oxidation sites excluding steroid dienone is 2. The molecule has 0 unspecified atom stereocenters. The molecule has 0 bridgehead atoms. The predicted octanol–water partition coefficient (Wildman–Crippen LogP) is 2.27. The molecule has 0 heterocycles. The molecular formula is C11H21N3O. The van der Waals surface area contributed by atoms with Crippen molar-refractivity contribution in [2.24, 2.45) is 22.7 Å². The molecule has 0 aliphatic rings. The van der Waals surface area contributed by atoms with Crippen molar-refractivity contribution < 1.29 is 4.79 Å². The van der Waals surface area contributed by atoms with Gasteiger partial charge in [-0.3, -0.25) is 0 Å². The van der Waals surface area contributed by atoms with E-state index in [1.807, 2.05) is 26.8 Å². The third-order valence-electron chi connectivity index (χ3n) is 2.17. The fraction of sp³-hybridized carbons (Fsp3) is 0.636. The summed E-state index contributed by atoms with van der Waals surface area (Å²) in [6.07, 6.45) is 1.99. The Morgan fingerprint density at radius 3 is 2.13 bits per heavy atom. The molecule has 3 N–H and O–H groups in total. The quantitative estimate of drug-likeness (QED) is 0.543. The Morgan fingerprint density at radius 1 is 1.27 bits per heavy atom. The molecule has 0 saturated carbocycles. The number of carbonyl (C=O) groups is 1. The van der Waals surface area contributed by atoms with Crippen LogP contribution in [-0.2, 0) is 0 Å². The lowest BCUT2D eigenvalue weighted by molar-refractivity contribution is 0.249. The van der Waals surface area contributed by atoms with Gasteiger partial charge < -0.3 is 5.73 Å². The number of rotatable bonds is 4. The van der Waals surface area contributed by atoms with E-state index >= 15 is 0 Å². The molecule has 0 radical (unpaired) electrons. The Bertz CT molecular complexity index is 278. The van der Waals surface area contributed by atoms with Gasteiger partial charge in [-0.1, -0.05) is 33.3 Å². The van der Waals surface area contributed by atoms with Gasteiger partial charge >= 0.3 is 6.03 Å². The molecule has 0 atom stereocenters. The maximum Gasteiger partial charge on any atom is 0.332 e. The van der Waals surface area contributed by atoms with Crippen LogP contribution in [0.5, 0.6) is 0 Å². The molecule has 2 amide bonds. The molecule has 0 aliphatic heterocycles. The summed E-state index contributed by atoms with van der Waals surface area (Å²) in [4.78, 5) is 10.5. The highest BCUT2D eigenvalue weighted by molar-refractivity contribution is 5.97. The standard InChI is InChI=1S/C11H21N3O/c1-7(2)9(5)6-10(8(3)4)13-14-11(12)15/h6-8H,1-5H3,(H3,12,14,15). The molecule has 0 rings (SSSR count). The van der Waals surface area contributed by atoms with Crippen molar-refractivity contribution in [3.05, 3.63) is 11.6 Å². The van der Waals surface area contributed by atoms with E-state index in [9.17, 15) is 4.79 Å². The van der Waals surface area contributed by atoms with E-state index in [1.54, 1.807) is 0 Å². The highest BCUT2D eigenvalue weighted by Crippen LogP contribution is 2.10. The molecule has 0 aromatic heterocycles. The van der Waals surface area contributed by atoms with Crippen molar-refractivity contribution in [3.63, 3.8) is 0 Å². The third-order valence-corrected chi connectivity index (χ3v) is 2.17. The van der Waals surface area contributed by atoms with Crippen molar-refractivity contribution >= 4 is 11.7 Å². The molecule has 0 aromatic carbocycles. The molecule has 0 aliphatic carbocycles. The molecule has 86 valence electrons. The van der Waals surface area contributed by atoms with Gasteiger partial charge in [-0.15, -0.1) is 0 Å². The first kappa shape index (κ1) is 13.7. The highest BCUT2D eigenvalue weighted by atomic mass is 16.2. The fourth-order valence-electron chi connectivity index (χ4n) is 0.848. The number of amides is 2. The average Bonchev–Trinajstić information content (AvgIpc) is 2.10. The average molecular weight is 211 g/mol. The van der Waals surface area contributed by atoms with Gasteiger partial charge in [0.25, 0.3) is 0 Å². The van der Waals surface area contributed by atoms with E-state index in [-0.39, 0.29) is 5.92 Å². The van der Waals surface area contributed by atoms with Gasteiger partial charge in [0.15, 0.2) is 0 Å². The number of nitrogens with one attached hydrogen (secondary N) is 1. The van der Waals surface area contributed by atoms with E-state index in [4.69, 9.17) is 5.73 Å². The first-order valence-corrected chi connectivity index (χ1v) is 5.15. The molecule has 0 fully saturated rings. The summed E-state index contributed by atoms with van der Waals surface area (Å²) in [6, 6.07) is -0.635. The normalized spacial score (nSPS) is 13.5. The topological polar surface area (TPSA) is 67.5 Å². The van der Waals surface area contributed by atoms with E-state index in [1.165, 1.54) is 5.57 Å². The maximum atomic E-state index is 10.5. The molecule has 4 nitrogen and oxygen atoms in total. The molecule has 0 saturated heterocycles. The Hall–Kier alpha value is -1.32. The molecule has 4 heteroatoms. The van der Waals surface area contributed by atoms with Crippen molar-refractivity contribution in [2.75, 3.05) is 0 Å². The number of urea groups is 1. The van der Waals surface area contributed by atoms with Gasteiger partial charge in [0.05, 0.1) is 5.71 Å². The Balaban J connectivity index is 4.75. The summed E-state index contributed by atoms with van der Waals surface area (Å²) in [7, 11) is 0. The van der Waals surface area contributed by atoms with Gasteiger partial charge in [0.2, 0.25) is 0 Å². The number of hydrogen-bond acceptors (Lipinski definition) is 2. The number of hydrogen-bond donors (Lipinski definition) is 2. The van der Waals surface area contributed by atoms with Crippen LogP contribution in [0, 0.1) is 11.8 Å². The SMILES string of the molecule is CC(=CC(=NNC(N)=O)C(C)C)C(C)C. The number of nitrogens with zero attached hydrogens (tertiary/aromatic N) is 1. The minimum Gasteiger partial charge on any atom is -0.350 e. The van der Waals surface area contributed by atoms with E-state index in [0.717, 1.165) is 5.71 Å². The lowest BCUT2D eigenvalue weighted by Crippen LogP contribution is -2.26. The lowest BCUT2D eigenvalue weighted by Gasteiger charge is -2.09. The van der Waals surface area contributed by atoms with Crippen molar-refractivity contribution in [3.8, 4) is 0 Å². The molecular weight excluding hydrogens is 190 g/mol.